The summed E-state index contributed by atoms with van der Waals surface area (Å²) in [6.07, 6.45) is 1.27. The molecule has 0 spiro atoms. The summed E-state index contributed by atoms with van der Waals surface area (Å²) >= 11 is 0. The van der Waals surface area contributed by atoms with E-state index in [-0.39, 0.29) is 0 Å². The highest BCUT2D eigenvalue weighted by Crippen LogP contribution is 2.28. The highest BCUT2D eigenvalue weighted by molar-refractivity contribution is 5.86. The van der Waals surface area contributed by atoms with Crippen LogP contribution in [0.3, 0.4) is 0 Å². The van der Waals surface area contributed by atoms with Gasteiger partial charge in [0, 0.05) is 17.4 Å². The molecule has 144 valence electrons. The van der Waals surface area contributed by atoms with Crippen LogP contribution in [0.4, 0.5) is 0 Å². The van der Waals surface area contributed by atoms with Gasteiger partial charge in [0.15, 0.2) is 0 Å². The van der Waals surface area contributed by atoms with Crippen LogP contribution in [0.2, 0.25) is 0 Å². The van der Waals surface area contributed by atoms with E-state index in [9.17, 15) is 5.11 Å². The lowest BCUT2D eigenvalue weighted by Gasteiger charge is -2.08. The standard InChI is InChI=1S/C28H20O2/c29-27-19-22-14-13-21(9-6-11-26-18-23-10-4-5-12-28(23)30-26)15-24(22)17-25(27)16-20-7-2-1-3-8-20/h1-5,7-8,10,12-15,17-19,29H,11,16H2. The van der Waals surface area contributed by atoms with Crippen LogP contribution in [0.5, 0.6) is 5.75 Å². The number of phenolic OH excluding ortho intramolecular Hbond substituents is 1. The molecule has 5 aromatic rings. The number of fused-ring (bicyclic) bond motifs is 2. The van der Waals surface area contributed by atoms with Crippen LogP contribution >= 0.6 is 0 Å². The minimum atomic E-state index is 0.329. The van der Waals surface area contributed by atoms with Gasteiger partial charge in [0.2, 0.25) is 0 Å². The van der Waals surface area contributed by atoms with Crippen LogP contribution in [0.1, 0.15) is 22.5 Å². The summed E-state index contributed by atoms with van der Waals surface area (Å²) in [4.78, 5) is 0. The second kappa shape index (κ2) is 7.81. The Labute approximate surface area is 175 Å². The first-order valence-corrected chi connectivity index (χ1v) is 10.0. The summed E-state index contributed by atoms with van der Waals surface area (Å²) in [7, 11) is 0. The molecule has 0 unspecified atom stereocenters. The number of aromatic hydroxyl groups is 1. The largest absolute Gasteiger partial charge is 0.508 e. The molecule has 2 nitrogen and oxygen atoms in total. The molecule has 2 heteroatoms. The van der Waals surface area contributed by atoms with E-state index in [4.69, 9.17) is 4.42 Å². The fourth-order valence-corrected chi connectivity index (χ4v) is 3.73. The lowest BCUT2D eigenvalue weighted by molar-refractivity contribution is 0.470. The topological polar surface area (TPSA) is 33.4 Å². The molecule has 4 aromatic carbocycles. The molecule has 0 radical (unpaired) electrons. The molecule has 0 bridgehead atoms. The van der Waals surface area contributed by atoms with Crippen molar-refractivity contribution in [1.82, 2.24) is 0 Å². The zero-order valence-electron chi connectivity index (χ0n) is 16.4. The minimum Gasteiger partial charge on any atom is -0.508 e. The predicted molar refractivity (Wildman–Crippen MR) is 122 cm³/mol. The first-order chi connectivity index (χ1) is 14.7. The first-order valence-electron chi connectivity index (χ1n) is 10.0. The molecule has 0 atom stereocenters. The van der Waals surface area contributed by atoms with Gasteiger partial charge in [-0.25, -0.2) is 0 Å². The van der Waals surface area contributed by atoms with E-state index in [1.165, 1.54) is 5.56 Å². The van der Waals surface area contributed by atoms with Crippen LogP contribution in [-0.2, 0) is 12.8 Å². The Morgan fingerprint density at radius 1 is 0.733 bits per heavy atom. The summed E-state index contributed by atoms with van der Waals surface area (Å²) in [6.45, 7) is 0. The molecular weight excluding hydrogens is 368 g/mol. The van der Waals surface area contributed by atoms with Gasteiger partial charge < -0.3 is 9.52 Å². The molecule has 0 amide bonds. The molecule has 0 saturated heterocycles. The molecule has 0 fully saturated rings. The third-order valence-electron chi connectivity index (χ3n) is 5.25. The summed E-state index contributed by atoms with van der Waals surface area (Å²) in [5.41, 5.74) is 3.94. The van der Waals surface area contributed by atoms with Gasteiger partial charge in [0.1, 0.15) is 17.1 Å². The van der Waals surface area contributed by atoms with Crippen molar-refractivity contribution in [3.05, 3.63) is 113 Å². The summed E-state index contributed by atoms with van der Waals surface area (Å²) in [5.74, 6) is 7.66. The molecular formula is C28H20O2. The molecule has 0 saturated carbocycles. The van der Waals surface area contributed by atoms with Gasteiger partial charge in [-0.1, -0.05) is 66.4 Å². The molecule has 30 heavy (non-hydrogen) atoms. The molecule has 1 heterocycles. The van der Waals surface area contributed by atoms with Crippen molar-refractivity contribution < 1.29 is 9.52 Å². The van der Waals surface area contributed by atoms with Crippen LogP contribution in [0.25, 0.3) is 21.7 Å². The van der Waals surface area contributed by atoms with Gasteiger partial charge in [-0.15, -0.1) is 0 Å². The number of para-hydroxylation sites is 1. The number of benzene rings is 4. The van der Waals surface area contributed by atoms with Crippen LogP contribution in [0, 0.1) is 11.8 Å². The SMILES string of the molecule is Oc1cc2ccc(C#CCc3cc4ccccc4o3)cc2cc1Cc1ccccc1. The summed E-state index contributed by atoms with van der Waals surface area (Å²) < 4.78 is 5.83. The first kappa shape index (κ1) is 18.1. The van der Waals surface area contributed by atoms with Gasteiger partial charge in [0.05, 0.1) is 6.42 Å². The van der Waals surface area contributed by atoms with Crippen molar-refractivity contribution in [1.29, 1.82) is 0 Å². The van der Waals surface area contributed by atoms with Crippen molar-refractivity contribution in [2.75, 3.05) is 0 Å². The lowest BCUT2D eigenvalue weighted by atomic mass is 9.99. The maximum absolute atomic E-state index is 10.4. The van der Waals surface area contributed by atoms with E-state index in [1.54, 1.807) is 0 Å². The second-order valence-electron chi connectivity index (χ2n) is 7.43. The second-order valence-corrected chi connectivity index (χ2v) is 7.43. The third-order valence-corrected chi connectivity index (χ3v) is 5.25. The van der Waals surface area contributed by atoms with Crippen molar-refractivity contribution in [3.63, 3.8) is 0 Å². The van der Waals surface area contributed by atoms with E-state index in [0.717, 1.165) is 38.6 Å². The van der Waals surface area contributed by atoms with Crippen LogP contribution in [0.15, 0.2) is 95.4 Å². The van der Waals surface area contributed by atoms with Gasteiger partial charge in [-0.05, 0) is 58.3 Å². The zero-order chi connectivity index (χ0) is 20.3. The average Bonchev–Trinajstić information content (AvgIpc) is 3.18. The Balaban J connectivity index is 1.40. The third kappa shape index (κ3) is 3.79. The number of hydrogen-bond donors (Lipinski definition) is 1. The van der Waals surface area contributed by atoms with Crippen molar-refractivity contribution >= 4 is 21.7 Å². The molecule has 1 aromatic heterocycles. The Hall–Kier alpha value is -3.96. The number of hydrogen-bond acceptors (Lipinski definition) is 2. The Bertz CT molecular complexity index is 1370. The Morgan fingerprint density at radius 2 is 1.57 bits per heavy atom. The van der Waals surface area contributed by atoms with Crippen LogP contribution in [-0.4, -0.2) is 5.11 Å². The van der Waals surface area contributed by atoms with E-state index < -0.39 is 0 Å². The van der Waals surface area contributed by atoms with E-state index >= 15 is 0 Å². The number of furan rings is 1. The normalized spacial score (nSPS) is 10.8. The van der Waals surface area contributed by atoms with Crippen molar-refractivity contribution in [2.24, 2.45) is 0 Å². The monoisotopic (exact) mass is 388 g/mol. The summed E-state index contributed by atoms with van der Waals surface area (Å²) in [5, 5.41) is 13.6. The highest BCUT2D eigenvalue weighted by Gasteiger charge is 2.06. The Kier molecular flexibility index (Phi) is 4.71. The van der Waals surface area contributed by atoms with Crippen molar-refractivity contribution in [3.8, 4) is 17.6 Å². The number of rotatable bonds is 3. The fraction of sp³-hybridized carbons (Fsp3) is 0.0714. The van der Waals surface area contributed by atoms with Gasteiger partial charge >= 0.3 is 0 Å². The highest BCUT2D eigenvalue weighted by atomic mass is 16.3. The minimum absolute atomic E-state index is 0.329. The molecule has 0 aliphatic carbocycles. The smallest absolute Gasteiger partial charge is 0.134 e. The van der Waals surface area contributed by atoms with E-state index in [2.05, 4.69) is 36.1 Å². The number of phenols is 1. The lowest BCUT2D eigenvalue weighted by Crippen LogP contribution is -1.89. The fourth-order valence-electron chi connectivity index (χ4n) is 3.73. The molecule has 0 aliphatic rings. The average molecular weight is 388 g/mol. The maximum atomic E-state index is 10.4. The van der Waals surface area contributed by atoms with E-state index in [1.807, 2.05) is 66.7 Å². The molecule has 5 rings (SSSR count). The van der Waals surface area contributed by atoms with Crippen LogP contribution < -0.4 is 0 Å². The molecule has 1 N–H and O–H groups in total. The van der Waals surface area contributed by atoms with Gasteiger partial charge in [-0.2, -0.15) is 0 Å². The molecule has 0 aliphatic heterocycles. The summed E-state index contributed by atoms with van der Waals surface area (Å²) in [6, 6.07) is 30.2. The predicted octanol–water partition coefficient (Wildman–Crippen LogP) is 6.48. The zero-order valence-corrected chi connectivity index (χ0v) is 16.4. The quantitative estimate of drug-likeness (QED) is 0.359. The van der Waals surface area contributed by atoms with E-state index in [0.29, 0.717) is 18.6 Å². The van der Waals surface area contributed by atoms with Crippen molar-refractivity contribution in [2.45, 2.75) is 12.8 Å². The maximum Gasteiger partial charge on any atom is 0.134 e. The van der Waals surface area contributed by atoms with Gasteiger partial charge in [0.25, 0.3) is 0 Å². The Morgan fingerprint density at radius 3 is 2.43 bits per heavy atom. The van der Waals surface area contributed by atoms with Gasteiger partial charge in [-0.3, -0.25) is 0 Å².